The van der Waals surface area contributed by atoms with Crippen LogP contribution in [0.25, 0.3) is 10.6 Å². The van der Waals surface area contributed by atoms with Crippen LogP contribution in [0.1, 0.15) is 17.4 Å². The van der Waals surface area contributed by atoms with Gasteiger partial charge in [-0.25, -0.2) is 9.78 Å². The molecule has 1 aromatic heterocycles. The number of carboxylic acid groups (broad SMARTS) is 1. The molecule has 0 radical (unpaired) electrons. The second-order valence-electron chi connectivity index (χ2n) is 3.61. The van der Waals surface area contributed by atoms with E-state index in [9.17, 15) is 4.79 Å². The molecule has 2 rings (SSSR count). The van der Waals surface area contributed by atoms with E-state index in [1.165, 1.54) is 16.7 Å². The van der Waals surface area contributed by atoms with E-state index in [1.54, 1.807) is 13.2 Å². The van der Waals surface area contributed by atoms with E-state index in [4.69, 9.17) is 14.6 Å². The second kappa shape index (κ2) is 5.71. The maximum absolute atomic E-state index is 10.9. The van der Waals surface area contributed by atoms with Crippen LogP contribution in [0, 0.1) is 0 Å². The van der Waals surface area contributed by atoms with Crippen molar-refractivity contribution in [3.63, 3.8) is 0 Å². The lowest BCUT2D eigenvalue weighted by molar-refractivity contribution is 0.0691. The summed E-state index contributed by atoms with van der Waals surface area (Å²) in [5.41, 5.74) is 0.768. The van der Waals surface area contributed by atoms with Crippen LogP contribution in [0.3, 0.4) is 0 Å². The van der Waals surface area contributed by atoms with E-state index in [2.05, 4.69) is 4.98 Å². The van der Waals surface area contributed by atoms with Crippen LogP contribution in [-0.4, -0.2) is 29.8 Å². The van der Waals surface area contributed by atoms with Crippen LogP contribution in [0.5, 0.6) is 11.5 Å². The summed E-state index contributed by atoms with van der Waals surface area (Å²) in [5.74, 6) is 0.147. The molecule has 0 saturated heterocycles. The van der Waals surface area contributed by atoms with Gasteiger partial charge in [-0.3, -0.25) is 0 Å². The third kappa shape index (κ3) is 2.68. The van der Waals surface area contributed by atoms with Gasteiger partial charge in [-0.1, -0.05) is 6.07 Å². The smallest absolute Gasteiger partial charge is 0.355 e. The molecular formula is C13H13NO4S. The molecule has 0 aliphatic carbocycles. The first-order chi connectivity index (χ1) is 9.17. The van der Waals surface area contributed by atoms with Crippen molar-refractivity contribution in [1.29, 1.82) is 0 Å². The molecule has 0 aliphatic rings. The highest BCUT2D eigenvalue weighted by atomic mass is 32.1. The van der Waals surface area contributed by atoms with E-state index in [1.807, 2.05) is 19.1 Å². The van der Waals surface area contributed by atoms with Gasteiger partial charge in [0.2, 0.25) is 0 Å². The Hall–Kier alpha value is -2.08. The van der Waals surface area contributed by atoms with Gasteiger partial charge in [-0.05, 0) is 19.1 Å². The molecule has 2 aromatic rings. The molecule has 0 atom stereocenters. The number of hydrogen-bond donors (Lipinski definition) is 1. The van der Waals surface area contributed by atoms with Crippen LogP contribution in [0.2, 0.25) is 0 Å². The zero-order chi connectivity index (χ0) is 13.8. The van der Waals surface area contributed by atoms with Gasteiger partial charge >= 0.3 is 5.97 Å². The Labute approximate surface area is 114 Å². The zero-order valence-corrected chi connectivity index (χ0v) is 11.4. The fourth-order valence-corrected chi connectivity index (χ4v) is 2.45. The average Bonchev–Trinajstić information content (AvgIpc) is 2.89. The minimum absolute atomic E-state index is 0.0327. The number of carbonyl (C=O) groups is 1. The van der Waals surface area contributed by atoms with Gasteiger partial charge in [0.1, 0.15) is 5.01 Å². The molecule has 0 fully saturated rings. The molecule has 1 N–H and O–H groups in total. The fraction of sp³-hybridized carbons (Fsp3) is 0.231. The van der Waals surface area contributed by atoms with Crippen LogP contribution in [-0.2, 0) is 0 Å². The standard InChI is InChI=1S/C13H13NO4S/c1-3-18-11-8(5-4-6-10(11)17-2)12-14-9(7-19-12)13(15)16/h4-7H,3H2,1-2H3,(H,15,16). The van der Waals surface area contributed by atoms with Gasteiger partial charge in [0.25, 0.3) is 0 Å². The number of ether oxygens (including phenoxy) is 2. The summed E-state index contributed by atoms with van der Waals surface area (Å²) in [4.78, 5) is 14.9. The molecule has 6 heteroatoms. The van der Waals surface area contributed by atoms with Crippen LogP contribution in [0.4, 0.5) is 0 Å². The number of aromatic carboxylic acids is 1. The number of benzene rings is 1. The lowest BCUT2D eigenvalue weighted by Gasteiger charge is -2.12. The summed E-state index contributed by atoms with van der Waals surface area (Å²) in [6.07, 6.45) is 0. The Kier molecular flexibility index (Phi) is 4.01. The Morgan fingerprint density at radius 1 is 1.47 bits per heavy atom. The molecule has 5 nitrogen and oxygen atoms in total. The Bertz CT molecular complexity index is 594. The van der Waals surface area contributed by atoms with Crippen molar-refractivity contribution in [3.05, 3.63) is 29.3 Å². The Morgan fingerprint density at radius 3 is 2.84 bits per heavy atom. The SMILES string of the molecule is CCOc1c(OC)cccc1-c1nc(C(=O)O)cs1. The molecule has 100 valence electrons. The number of para-hydroxylation sites is 1. The molecule has 0 unspecified atom stereocenters. The maximum Gasteiger partial charge on any atom is 0.355 e. The van der Waals surface area contributed by atoms with E-state index < -0.39 is 5.97 Å². The molecule has 0 spiro atoms. The number of rotatable bonds is 5. The van der Waals surface area contributed by atoms with E-state index >= 15 is 0 Å². The Morgan fingerprint density at radius 2 is 2.26 bits per heavy atom. The molecule has 19 heavy (non-hydrogen) atoms. The lowest BCUT2D eigenvalue weighted by atomic mass is 10.2. The average molecular weight is 279 g/mol. The van der Waals surface area contributed by atoms with E-state index in [0.29, 0.717) is 23.1 Å². The number of nitrogens with zero attached hydrogens (tertiary/aromatic N) is 1. The summed E-state index contributed by atoms with van der Waals surface area (Å²) in [6.45, 7) is 2.37. The van der Waals surface area contributed by atoms with Gasteiger partial charge in [-0.15, -0.1) is 11.3 Å². The van der Waals surface area contributed by atoms with Crippen molar-refractivity contribution >= 4 is 17.3 Å². The summed E-state index contributed by atoms with van der Waals surface area (Å²) < 4.78 is 10.8. The third-order valence-corrected chi connectivity index (χ3v) is 3.32. The molecule has 1 aromatic carbocycles. The quantitative estimate of drug-likeness (QED) is 0.911. The normalized spacial score (nSPS) is 10.2. The molecular weight excluding hydrogens is 266 g/mol. The largest absolute Gasteiger partial charge is 0.493 e. The van der Waals surface area contributed by atoms with Gasteiger partial charge in [0.05, 0.1) is 19.3 Å². The minimum atomic E-state index is -1.04. The fourth-order valence-electron chi connectivity index (χ4n) is 1.63. The zero-order valence-electron chi connectivity index (χ0n) is 10.5. The van der Waals surface area contributed by atoms with Crippen molar-refractivity contribution < 1.29 is 19.4 Å². The topological polar surface area (TPSA) is 68.7 Å². The van der Waals surface area contributed by atoms with Crippen molar-refractivity contribution in [1.82, 2.24) is 4.98 Å². The second-order valence-corrected chi connectivity index (χ2v) is 4.47. The summed E-state index contributed by atoms with van der Waals surface area (Å²) in [5, 5.41) is 11.0. The molecule has 0 bridgehead atoms. The minimum Gasteiger partial charge on any atom is -0.493 e. The summed E-state index contributed by atoms with van der Waals surface area (Å²) in [6, 6.07) is 5.44. The van der Waals surface area contributed by atoms with Crippen LogP contribution < -0.4 is 9.47 Å². The number of aromatic nitrogens is 1. The van der Waals surface area contributed by atoms with Crippen molar-refractivity contribution in [3.8, 4) is 22.1 Å². The predicted octanol–water partition coefficient (Wildman–Crippen LogP) is 2.92. The highest BCUT2D eigenvalue weighted by Crippen LogP contribution is 2.39. The summed E-state index contributed by atoms with van der Waals surface area (Å²) >= 11 is 1.26. The van der Waals surface area contributed by atoms with Crippen LogP contribution >= 0.6 is 11.3 Å². The first-order valence-electron chi connectivity index (χ1n) is 5.66. The maximum atomic E-state index is 10.9. The van der Waals surface area contributed by atoms with Gasteiger partial charge in [0, 0.05) is 5.38 Å². The molecule has 0 saturated carbocycles. The predicted molar refractivity (Wildman–Crippen MR) is 72.2 cm³/mol. The van der Waals surface area contributed by atoms with Crippen molar-refractivity contribution in [2.75, 3.05) is 13.7 Å². The van der Waals surface area contributed by atoms with Crippen molar-refractivity contribution in [2.45, 2.75) is 6.92 Å². The highest BCUT2D eigenvalue weighted by molar-refractivity contribution is 7.13. The third-order valence-electron chi connectivity index (χ3n) is 2.44. The summed E-state index contributed by atoms with van der Waals surface area (Å²) in [7, 11) is 1.56. The van der Waals surface area contributed by atoms with Crippen molar-refractivity contribution in [2.24, 2.45) is 0 Å². The number of methoxy groups -OCH3 is 1. The van der Waals surface area contributed by atoms with Gasteiger partial charge in [-0.2, -0.15) is 0 Å². The highest BCUT2D eigenvalue weighted by Gasteiger charge is 2.16. The van der Waals surface area contributed by atoms with E-state index in [-0.39, 0.29) is 5.69 Å². The number of hydrogen-bond acceptors (Lipinski definition) is 5. The number of thiazole rings is 1. The first kappa shape index (κ1) is 13.4. The molecule has 0 aliphatic heterocycles. The number of carboxylic acids is 1. The molecule has 0 amide bonds. The first-order valence-corrected chi connectivity index (χ1v) is 6.54. The van der Waals surface area contributed by atoms with E-state index in [0.717, 1.165) is 5.56 Å². The van der Waals surface area contributed by atoms with Gasteiger partial charge < -0.3 is 14.6 Å². The van der Waals surface area contributed by atoms with Crippen LogP contribution in [0.15, 0.2) is 23.6 Å². The lowest BCUT2D eigenvalue weighted by Crippen LogP contribution is -1.98. The molecule has 1 heterocycles. The Balaban J connectivity index is 2.50. The van der Waals surface area contributed by atoms with Gasteiger partial charge in [0.15, 0.2) is 17.2 Å². The monoisotopic (exact) mass is 279 g/mol.